The van der Waals surface area contributed by atoms with Crippen LogP contribution in [0.5, 0.6) is 0 Å². The Morgan fingerprint density at radius 1 is 1.33 bits per heavy atom. The number of aliphatic carboxylic acids is 1. The zero-order valence-electron chi connectivity index (χ0n) is 11.8. The van der Waals surface area contributed by atoms with E-state index < -0.39 is 22.5 Å². The lowest BCUT2D eigenvalue weighted by atomic mass is 10.1. The Morgan fingerprint density at radius 2 is 2.05 bits per heavy atom. The molecular weight excluding hydrogens is 292 g/mol. The molecule has 2 aromatic rings. The van der Waals surface area contributed by atoms with Crippen LogP contribution >= 0.6 is 0 Å². The first-order valence-corrected chi connectivity index (χ1v) is 7.88. The van der Waals surface area contributed by atoms with Gasteiger partial charge in [0, 0.05) is 18.1 Å². The summed E-state index contributed by atoms with van der Waals surface area (Å²) in [6, 6.07) is 6.71. The molecule has 0 radical (unpaired) electrons. The minimum atomic E-state index is -3.90. The lowest BCUT2D eigenvalue weighted by molar-refractivity contribution is -0.137. The molecule has 0 amide bonds. The Hall–Kier alpha value is -1.99. The lowest BCUT2D eigenvalue weighted by Gasteiger charge is -2.19. The fourth-order valence-corrected chi connectivity index (χ4v) is 3.70. The Kier molecular flexibility index (Phi) is 4.24. The van der Waals surface area contributed by atoms with Gasteiger partial charge in [-0.1, -0.05) is 19.1 Å². The number of rotatable bonds is 5. The largest absolute Gasteiger partial charge is 0.480 e. The minimum absolute atomic E-state index is 0.0341. The maximum Gasteiger partial charge on any atom is 0.318 e. The first-order valence-electron chi connectivity index (χ1n) is 6.44. The summed E-state index contributed by atoms with van der Waals surface area (Å²) in [5.74, 6) is -1.19. The maximum atomic E-state index is 12.6. The first kappa shape index (κ1) is 15.4. The number of hydrogen-bond acceptors (Lipinski definition) is 4. The highest BCUT2D eigenvalue weighted by atomic mass is 32.2. The Balaban J connectivity index is 2.65. The molecule has 1 N–H and O–H groups in total. The van der Waals surface area contributed by atoms with Crippen LogP contribution in [0, 0.1) is 6.92 Å². The van der Waals surface area contributed by atoms with E-state index in [1.54, 1.807) is 25.1 Å². The normalized spacial score (nSPS) is 12.0. The molecule has 0 aliphatic carbocycles. The van der Waals surface area contributed by atoms with E-state index in [4.69, 9.17) is 5.11 Å². The molecule has 2 rings (SSSR count). The SMILES string of the molecule is CCN(CC(=O)O)S(=O)(=O)c1ccc(C)c2cccnc12. The van der Waals surface area contributed by atoms with Crippen LogP contribution in [0.1, 0.15) is 12.5 Å². The third-order valence-corrected chi connectivity index (χ3v) is 5.19. The minimum Gasteiger partial charge on any atom is -0.480 e. The van der Waals surface area contributed by atoms with E-state index in [0.29, 0.717) is 5.52 Å². The van der Waals surface area contributed by atoms with Crippen molar-refractivity contribution in [2.24, 2.45) is 0 Å². The summed E-state index contributed by atoms with van der Waals surface area (Å²) in [5, 5.41) is 9.60. The number of aryl methyl sites for hydroxylation is 1. The molecular formula is C14H16N2O4S. The molecule has 0 saturated heterocycles. The second-order valence-electron chi connectivity index (χ2n) is 4.61. The van der Waals surface area contributed by atoms with Crippen molar-refractivity contribution in [3.63, 3.8) is 0 Å². The summed E-state index contributed by atoms with van der Waals surface area (Å²) in [6.45, 7) is 2.98. The van der Waals surface area contributed by atoms with Crippen LogP contribution < -0.4 is 0 Å². The molecule has 112 valence electrons. The summed E-state index contributed by atoms with van der Waals surface area (Å²) in [5.41, 5.74) is 1.28. The topological polar surface area (TPSA) is 87.6 Å². The predicted octanol–water partition coefficient (Wildman–Crippen LogP) is 1.64. The van der Waals surface area contributed by atoms with Gasteiger partial charge in [0.1, 0.15) is 11.4 Å². The lowest BCUT2D eigenvalue weighted by Crippen LogP contribution is -2.35. The van der Waals surface area contributed by atoms with Gasteiger partial charge in [-0.15, -0.1) is 0 Å². The van der Waals surface area contributed by atoms with Crippen LogP contribution in [0.25, 0.3) is 10.9 Å². The molecule has 0 saturated carbocycles. The maximum absolute atomic E-state index is 12.6. The van der Waals surface area contributed by atoms with Gasteiger partial charge in [-0.25, -0.2) is 8.42 Å². The summed E-state index contributed by atoms with van der Waals surface area (Å²) in [6.07, 6.45) is 1.52. The first-order chi connectivity index (χ1) is 9.87. The van der Waals surface area contributed by atoms with Crippen molar-refractivity contribution >= 4 is 26.9 Å². The predicted molar refractivity (Wildman–Crippen MR) is 78.5 cm³/mol. The molecule has 1 aromatic carbocycles. The molecule has 0 fully saturated rings. The van der Waals surface area contributed by atoms with Gasteiger partial charge in [-0.3, -0.25) is 9.78 Å². The number of pyridine rings is 1. The van der Waals surface area contributed by atoms with Gasteiger partial charge in [0.05, 0.1) is 5.52 Å². The molecule has 0 bridgehead atoms. The highest BCUT2D eigenvalue weighted by Gasteiger charge is 2.27. The second-order valence-corrected chi connectivity index (χ2v) is 6.51. The van der Waals surface area contributed by atoms with E-state index in [1.165, 1.54) is 12.3 Å². The van der Waals surface area contributed by atoms with E-state index in [-0.39, 0.29) is 11.4 Å². The average molecular weight is 308 g/mol. The molecule has 0 unspecified atom stereocenters. The van der Waals surface area contributed by atoms with Gasteiger partial charge in [-0.2, -0.15) is 4.31 Å². The second kappa shape index (κ2) is 5.79. The van der Waals surface area contributed by atoms with Gasteiger partial charge < -0.3 is 5.11 Å². The number of carboxylic acids is 1. The molecule has 21 heavy (non-hydrogen) atoms. The molecule has 7 heteroatoms. The number of benzene rings is 1. The van der Waals surface area contributed by atoms with Crippen LogP contribution in [0.4, 0.5) is 0 Å². The standard InChI is InChI=1S/C14H16N2O4S/c1-3-16(9-13(17)18)21(19,20)12-7-6-10(2)11-5-4-8-15-14(11)12/h4-8H,3,9H2,1-2H3,(H,17,18). The fourth-order valence-electron chi connectivity index (χ4n) is 2.15. The van der Waals surface area contributed by atoms with Gasteiger partial charge in [0.15, 0.2) is 0 Å². The Bertz CT molecular complexity index is 787. The molecule has 0 spiro atoms. The van der Waals surface area contributed by atoms with Gasteiger partial charge in [0.25, 0.3) is 0 Å². The van der Waals surface area contributed by atoms with Crippen molar-refractivity contribution in [3.05, 3.63) is 36.0 Å². The van der Waals surface area contributed by atoms with E-state index in [0.717, 1.165) is 15.3 Å². The van der Waals surface area contributed by atoms with Gasteiger partial charge >= 0.3 is 5.97 Å². The summed E-state index contributed by atoms with van der Waals surface area (Å²) in [7, 11) is -3.90. The Morgan fingerprint density at radius 3 is 2.67 bits per heavy atom. The summed E-state index contributed by atoms with van der Waals surface area (Å²) >= 11 is 0. The molecule has 0 aliphatic rings. The molecule has 0 aliphatic heterocycles. The molecule has 1 heterocycles. The van der Waals surface area contributed by atoms with Gasteiger partial charge in [-0.05, 0) is 24.6 Å². The molecule has 1 aromatic heterocycles. The van der Waals surface area contributed by atoms with Crippen LogP contribution in [0.2, 0.25) is 0 Å². The smallest absolute Gasteiger partial charge is 0.318 e. The number of carboxylic acid groups (broad SMARTS) is 1. The third-order valence-electron chi connectivity index (χ3n) is 3.23. The number of nitrogens with zero attached hydrogens (tertiary/aromatic N) is 2. The highest BCUT2D eigenvalue weighted by molar-refractivity contribution is 7.89. The van der Waals surface area contributed by atoms with Crippen molar-refractivity contribution in [2.45, 2.75) is 18.7 Å². The van der Waals surface area contributed by atoms with Crippen molar-refractivity contribution in [2.75, 3.05) is 13.1 Å². The number of sulfonamides is 1. The van der Waals surface area contributed by atoms with Crippen LogP contribution in [0.15, 0.2) is 35.4 Å². The van der Waals surface area contributed by atoms with E-state index in [1.807, 2.05) is 6.92 Å². The number of fused-ring (bicyclic) bond motifs is 1. The number of aromatic nitrogens is 1. The zero-order valence-corrected chi connectivity index (χ0v) is 12.6. The van der Waals surface area contributed by atoms with Crippen molar-refractivity contribution in [1.82, 2.24) is 9.29 Å². The van der Waals surface area contributed by atoms with Crippen molar-refractivity contribution in [3.8, 4) is 0 Å². The third kappa shape index (κ3) is 2.88. The van der Waals surface area contributed by atoms with Crippen molar-refractivity contribution < 1.29 is 18.3 Å². The number of carbonyl (C=O) groups is 1. The van der Waals surface area contributed by atoms with Crippen LogP contribution in [-0.4, -0.2) is 41.9 Å². The van der Waals surface area contributed by atoms with E-state index in [9.17, 15) is 13.2 Å². The molecule has 0 atom stereocenters. The molecule has 6 nitrogen and oxygen atoms in total. The van der Waals surface area contributed by atoms with E-state index >= 15 is 0 Å². The number of likely N-dealkylation sites (N-methyl/N-ethyl adjacent to an activating group) is 1. The van der Waals surface area contributed by atoms with Gasteiger partial charge in [0.2, 0.25) is 10.0 Å². The highest BCUT2D eigenvalue weighted by Crippen LogP contribution is 2.26. The monoisotopic (exact) mass is 308 g/mol. The average Bonchev–Trinajstić information content (AvgIpc) is 2.44. The quantitative estimate of drug-likeness (QED) is 0.907. The zero-order chi connectivity index (χ0) is 15.6. The van der Waals surface area contributed by atoms with Crippen molar-refractivity contribution in [1.29, 1.82) is 0 Å². The fraction of sp³-hybridized carbons (Fsp3) is 0.286. The Labute approximate surface area is 123 Å². The van der Waals surface area contributed by atoms with E-state index in [2.05, 4.69) is 4.98 Å². The van der Waals surface area contributed by atoms with Crippen LogP contribution in [0.3, 0.4) is 0 Å². The van der Waals surface area contributed by atoms with Crippen LogP contribution in [-0.2, 0) is 14.8 Å². The summed E-state index contributed by atoms with van der Waals surface area (Å²) in [4.78, 5) is 15.0. The summed E-state index contributed by atoms with van der Waals surface area (Å²) < 4.78 is 26.2. The number of hydrogen-bond donors (Lipinski definition) is 1.